The normalized spacial score (nSPS) is 15.3. The average molecular weight is 498 g/mol. The molecule has 0 saturated carbocycles. The van der Waals surface area contributed by atoms with Crippen molar-refractivity contribution in [2.75, 3.05) is 39.5 Å². The van der Waals surface area contributed by atoms with Crippen molar-refractivity contribution >= 4 is 0 Å². The first kappa shape index (κ1) is 34.9. The van der Waals surface area contributed by atoms with Gasteiger partial charge in [-0.2, -0.15) is 0 Å². The smallest absolute Gasteiger partial charge is 0.0701 e. The second-order valence-corrected chi connectivity index (χ2v) is 12.0. The van der Waals surface area contributed by atoms with Gasteiger partial charge in [-0.3, -0.25) is 0 Å². The highest BCUT2D eigenvalue weighted by Gasteiger charge is 2.23. The van der Waals surface area contributed by atoms with E-state index in [0.29, 0.717) is 10.8 Å². The molecule has 3 heteroatoms. The van der Waals surface area contributed by atoms with Crippen molar-refractivity contribution in [3.05, 3.63) is 0 Å². The number of hydrogen-bond donors (Lipinski definition) is 1. The number of rotatable bonds is 28. The van der Waals surface area contributed by atoms with Crippen LogP contribution in [0.1, 0.15) is 157 Å². The molecule has 0 radical (unpaired) electrons. The highest BCUT2D eigenvalue weighted by molar-refractivity contribution is 4.77. The standard InChI is InChI=1S/C32H67NO2/c1-7-11-15-17-22-31(5,20-13-9-3)24-19-26-34-28-29-35-27-25-33-30-32(6,21-14-10-4)23-18-16-12-8-2/h33H,7-30H2,1-6H3. The third kappa shape index (κ3) is 21.7. The third-order valence-electron chi connectivity index (χ3n) is 7.95. The van der Waals surface area contributed by atoms with Crippen LogP contribution in [0.25, 0.3) is 0 Å². The maximum Gasteiger partial charge on any atom is 0.0701 e. The molecule has 0 aliphatic rings. The maximum atomic E-state index is 5.90. The van der Waals surface area contributed by atoms with Crippen molar-refractivity contribution in [2.45, 2.75) is 157 Å². The summed E-state index contributed by atoms with van der Waals surface area (Å²) in [6.45, 7) is 19.4. The molecule has 2 atom stereocenters. The molecule has 35 heavy (non-hydrogen) atoms. The topological polar surface area (TPSA) is 30.5 Å². The Labute approximate surface area is 222 Å². The highest BCUT2D eigenvalue weighted by atomic mass is 16.5. The number of hydrogen-bond acceptors (Lipinski definition) is 3. The molecular weight excluding hydrogens is 430 g/mol. The lowest BCUT2D eigenvalue weighted by atomic mass is 9.76. The zero-order chi connectivity index (χ0) is 26.1. The van der Waals surface area contributed by atoms with Crippen LogP contribution >= 0.6 is 0 Å². The van der Waals surface area contributed by atoms with Crippen molar-refractivity contribution in [1.82, 2.24) is 5.32 Å². The summed E-state index contributed by atoms with van der Waals surface area (Å²) in [5, 5.41) is 3.68. The van der Waals surface area contributed by atoms with E-state index in [-0.39, 0.29) is 0 Å². The van der Waals surface area contributed by atoms with E-state index in [1.54, 1.807) is 0 Å². The third-order valence-corrected chi connectivity index (χ3v) is 7.95. The summed E-state index contributed by atoms with van der Waals surface area (Å²) >= 11 is 0. The van der Waals surface area contributed by atoms with Crippen LogP contribution in [0, 0.1) is 10.8 Å². The van der Waals surface area contributed by atoms with Crippen LogP contribution in [0.5, 0.6) is 0 Å². The summed E-state index contributed by atoms with van der Waals surface area (Å²) in [7, 11) is 0. The Morgan fingerprint density at radius 3 is 1.49 bits per heavy atom. The Kier molecular flexibility index (Phi) is 24.1. The molecule has 1 N–H and O–H groups in total. The molecule has 0 heterocycles. The lowest BCUT2D eigenvalue weighted by Crippen LogP contribution is -2.34. The van der Waals surface area contributed by atoms with E-state index in [1.807, 2.05) is 0 Å². The first-order valence-electron chi connectivity index (χ1n) is 15.8. The molecular formula is C32H67NO2. The number of ether oxygens (including phenoxy) is 2. The Morgan fingerprint density at radius 2 is 0.914 bits per heavy atom. The molecule has 0 rings (SSSR count). The average Bonchev–Trinajstić information content (AvgIpc) is 2.85. The van der Waals surface area contributed by atoms with Crippen LogP contribution in [-0.4, -0.2) is 39.5 Å². The molecule has 0 aromatic carbocycles. The highest BCUT2D eigenvalue weighted by Crippen LogP contribution is 2.35. The Bertz CT molecular complexity index is 392. The van der Waals surface area contributed by atoms with E-state index in [4.69, 9.17) is 9.47 Å². The Hall–Kier alpha value is -0.120. The fourth-order valence-electron chi connectivity index (χ4n) is 5.30. The van der Waals surface area contributed by atoms with E-state index in [2.05, 4.69) is 46.9 Å². The molecule has 0 fully saturated rings. The van der Waals surface area contributed by atoms with E-state index < -0.39 is 0 Å². The van der Waals surface area contributed by atoms with Gasteiger partial charge in [0.15, 0.2) is 0 Å². The minimum absolute atomic E-state index is 0.439. The van der Waals surface area contributed by atoms with Crippen molar-refractivity contribution in [1.29, 1.82) is 0 Å². The lowest BCUT2D eigenvalue weighted by Gasteiger charge is -2.30. The van der Waals surface area contributed by atoms with Gasteiger partial charge in [-0.15, -0.1) is 0 Å². The van der Waals surface area contributed by atoms with Gasteiger partial charge < -0.3 is 14.8 Å². The van der Waals surface area contributed by atoms with Crippen LogP contribution < -0.4 is 5.32 Å². The van der Waals surface area contributed by atoms with E-state index in [9.17, 15) is 0 Å². The predicted octanol–water partition coefficient (Wildman–Crippen LogP) is 9.72. The fourth-order valence-corrected chi connectivity index (χ4v) is 5.30. The summed E-state index contributed by atoms with van der Waals surface area (Å²) in [5.41, 5.74) is 0.950. The fraction of sp³-hybridized carbons (Fsp3) is 1.00. The van der Waals surface area contributed by atoms with Crippen LogP contribution in [0.15, 0.2) is 0 Å². The zero-order valence-electron chi connectivity index (χ0n) is 25.3. The predicted molar refractivity (Wildman–Crippen MR) is 157 cm³/mol. The van der Waals surface area contributed by atoms with Gasteiger partial charge in [0.25, 0.3) is 0 Å². The summed E-state index contributed by atoms with van der Waals surface area (Å²) in [5.74, 6) is 0. The van der Waals surface area contributed by atoms with Gasteiger partial charge in [-0.1, -0.05) is 119 Å². The van der Waals surface area contributed by atoms with Gasteiger partial charge in [-0.25, -0.2) is 0 Å². The second-order valence-electron chi connectivity index (χ2n) is 12.0. The molecule has 212 valence electrons. The zero-order valence-corrected chi connectivity index (χ0v) is 25.3. The van der Waals surface area contributed by atoms with Crippen LogP contribution in [0.4, 0.5) is 0 Å². The lowest BCUT2D eigenvalue weighted by molar-refractivity contribution is 0.0428. The van der Waals surface area contributed by atoms with Gasteiger partial charge in [0.1, 0.15) is 0 Å². The number of nitrogens with one attached hydrogen (secondary N) is 1. The molecule has 0 aromatic heterocycles. The van der Waals surface area contributed by atoms with Gasteiger partial charge in [0, 0.05) is 19.7 Å². The molecule has 0 aliphatic carbocycles. The van der Waals surface area contributed by atoms with Gasteiger partial charge in [0.2, 0.25) is 0 Å². The minimum atomic E-state index is 0.439. The first-order chi connectivity index (χ1) is 16.9. The van der Waals surface area contributed by atoms with E-state index in [0.717, 1.165) is 39.5 Å². The van der Waals surface area contributed by atoms with Crippen LogP contribution in [-0.2, 0) is 9.47 Å². The molecule has 0 spiro atoms. The van der Waals surface area contributed by atoms with Crippen molar-refractivity contribution in [2.24, 2.45) is 10.8 Å². The quantitative estimate of drug-likeness (QED) is 0.109. The largest absolute Gasteiger partial charge is 0.379 e. The molecule has 0 aliphatic heterocycles. The minimum Gasteiger partial charge on any atom is -0.379 e. The Morgan fingerprint density at radius 1 is 0.457 bits per heavy atom. The molecule has 0 bridgehead atoms. The van der Waals surface area contributed by atoms with Crippen LogP contribution in [0.3, 0.4) is 0 Å². The van der Waals surface area contributed by atoms with Crippen molar-refractivity contribution in [3.8, 4) is 0 Å². The molecule has 3 nitrogen and oxygen atoms in total. The van der Waals surface area contributed by atoms with Gasteiger partial charge in [0.05, 0.1) is 19.8 Å². The molecule has 0 aromatic rings. The molecule has 2 unspecified atom stereocenters. The maximum absolute atomic E-state index is 5.90. The van der Waals surface area contributed by atoms with Crippen molar-refractivity contribution in [3.63, 3.8) is 0 Å². The summed E-state index contributed by atoms with van der Waals surface area (Å²) in [4.78, 5) is 0. The summed E-state index contributed by atoms with van der Waals surface area (Å²) in [6, 6.07) is 0. The van der Waals surface area contributed by atoms with Crippen LogP contribution in [0.2, 0.25) is 0 Å². The van der Waals surface area contributed by atoms with Gasteiger partial charge >= 0.3 is 0 Å². The van der Waals surface area contributed by atoms with E-state index in [1.165, 1.54) is 116 Å². The van der Waals surface area contributed by atoms with E-state index >= 15 is 0 Å². The number of unbranched alkanes of at least 4 members (excludes halogenated alkanes) is 8. The monoisotopic (exact) mass is 498 g/mol. The SMILES string of the molecule is CCCCCCC(C)(CCCC)CCCOCCOCCNCC(C)(CCCC)CCCCCC. The van der Waals surface area contributed by atoms with Crippen molar-refractivity contribution < 1.29 is 9.47 Å². The first-order valence-corrected chi connectivity index (χ1v) is 15.8. The summed E-state index contributed by atoms with van der Waals surface area (Å²) < 4.78 is 11.7. The van der Waals surface area contributed by atoms with Gasteiger partial charge in [-0.05, 0) is 49.4 Å². The summed E-state index contributed by atoms with van der Waals surface area (Å²) in [6.07, 6.45) is 24.2. The second kappa shape index (κ2) is 24.2. The molecule has 0 amide bonds. The molecule has 0 saturated heterocycles. The Balaban J connectivity index is 3.88.